The van der Waals surface area contributed by atoms with Crippen LogP contribution in [0.4, 0.5) is 0 Å². The monoisotopic (exact) mass is 396 g/mol. The molecule has 0 aliphatic carbocycles. The lowest BCUT2D eigenvalue weighted by Gasteiger charge is -2.17. The van der Waals surface area contributed by atoms with Crippen molar-refractivity contribution in [3.8, 4) is 0 Å². The molecule has 0 unspecified atom stereocenters. The maximum absolute atomic E-state index is 12.8. The van der Waals surface area contributed by atoms with Crippen LogP contribution in [0.5, 0.6) is 0 Å². The molecule has 0 atom stereocenters. The average molecular weight is 397 g/mol. The quantitative estimate of drug-likeness (QED) is 0.760. The summed E-state index contributed by atoms with van der Waals surface area (Å²) in [6, 6.07) is 6.88. The van der Waals surface area contributed by atoms with Crippen molar-refractivity contribution in [2.45, 2.75) is 51.3 Å². The molecular formula is C18H24N2O4S2. The van der Waals surface area contributed by atoms with E-state index < -0.39 is 20.0 Å². The molecule has 0 bridgehead atoms. The Hall–Kier alpha value is -1.74. The van der Waals surface area contributed by atoms with Crippen molar-refractivity contribution in [3.05, 3.63) is 57.6 Å². The lowest BCUT2D eigenvalue weighted by molar-refractivity contribution is 0.556. The molecule has 0 amide bonds. The summed E-state index contributed by atoms with van der Waals surface area (Å²) in [7, 11) is -8.11. The first kappa shape index (κ1) is 20.6. The van der Waals surface area contributed by atoms with E-state index in [9.17, 15) is 16.8 Å². The Bertz CT molecular complexity index is 1050. The summed E-state index contributed by atoms with van der Waals surface area (Å²) in [4.78, 5) is 4.17. The standard InChI is InChI=1S/C18H24N2O4S2/c1-11-7-8-12(2)17(9-11)25(21,22)19-20-26(23,24)18-15(5)13(3)10-14(4)16(18)6/h7-10,19-20H,1-6H3. The van der Waals surface area contributed by atoms with Gasteiger partial charge in [-0.15, -0.1) is 9.66 Å². The van der Waals surface area contributed by atoms with Crippen molar-refractivity contribution >= 4 is 20.0 Å². The molecule has 2 aromatic carbocycles. The summed E-state index contributed by atoms with van der Waals surface area (Å²) >= 11 is 0. The molecule has 6 nitrogen and oxygen atoms in total. The summed E-state index contributed by atoms with van der Waals surface area (Å²) < 4.78 is 50.6. The molecule has 0 saturated heterocycles. The zero-order valence-electron chi connectivity index (χ0n) is 15.8. The fourth-order valence-electron chi connectivity index (χ4n) is 2.80. The Morgan fingerprint density at radius 1 is 0.654 bits per heavy atom. The van der Waals surface area contributed by atoms with Gasteiger partial charge in [-0.2, -0.15) is 0 Å². The van der Waals surface area contributed by atoms with Gasteiger partial charge in [0.05, 0.1) is 9.79 Å². The Morgan fingerprint density at radius 2 is 1.15 bits per heavy atom. The number of nitrogens with one attached hydrogen (secondary N) is 2. The smallest absolute Gasteiger partial charge is 0.206 e. The molecule has 0 aliphatic rings. The molecule has 2 rings (SSSR count). The minimum absolute atomic E-state index is 0.0362. The fraction of sp³-hybridized carbons (Fsp3) is 0.333. The molecule has 142 valence electrons. The van der Waals surface area contributed by atoms with Gasteiger partial charge in [0.2, 0.25) is 0 Å². The van der Waals surface area contributed by atoms with Crippen molar-refractivity contribution in [2.24, 2.45) is 0 Å². The highest BCUT2D eigenvalue weighted by Gasteiger charge is 2.25. The van der Waals surface area contributed by atoms with Crippen LogP contribution in [0.1, 0.15) is 33.4 Å². The van der Waals surface area contributed by atoms with E-state index >= 15 is 0 Å². The van der Waals surface area contributed by atoms with Crippen LogP contribution in [0.3, 0.4) is 0 Å². The molecule has 2 aromatic rings. The summed E-state index contributed by atoms with van der Waals surface area (Å²) in [5.74, 6) is 0. The second-order valence-electron chi connectivity index (χ2n) is 6.57. The van der Waals surface area contributed by atoms with Crippen molar-refractivity contribution < 1.29 is 16.8 Å². The lowest BCUT2D eigenvalue weighted by Crippen LogP contribution is -2.42. The fourth-order valence-corrected chi connectivity index (χ4v) is 5.85. The Kier molecular flexibility index (Phi) is 5.63. The van der Waals surface area contributed by atoms with Crippen LogP contribution in [0.15, 0.2) is 34.1 Å². The van der Waals surface area contributed by atoms with E-state index in [1.165, 1.54) is 6.07 Å². The van der Waals surface area contributed by atoms with E-state index in [4.69, 9.17) is 0 Å². The van der Waals surface area contributed by atoms with Gasteiger partial charge < -0.3 is 0 Å². The SMILES string of the molecule is Cc1ccc(C)c(S(=O)(=O)NNS(=O)(=O)c2c(C)c(C)cc(C)c2C)c1. The highest BCUT2D eigenvalue weighted by atomic mass is 32.2. The summed E-state index contributed by atoms with van der Waals surface area (Å²) in [6.45, 7) is 10.5. The molecular weight excluding hydrogens is 372 g/mol. The van der Waals surface area contributed by atoms with Gasteiger partial charge in [0.1, 0.15) is 0 Å². The zero-order valence-corrected chi connectivity index (χ0v) is 17.4. The summed E-state index contributed by atoms with van der Waals surface area (Å²) in [6.07, 6.45) is 0. The molecule has 2 N–H and O–H groups in total. The molecule has 0 radical (unpaired) electrons. The van der Waals surface area contributed by atoms with Gasteiger partial charge in [0, 0.05) is 0 Å². The maximum Gasteiger partial charge on any atom is 0.254 e. The Labute approximate surface area is 155 Å². The number of rotatable bonds is 5. The first-order chi connectivity index (χ1) is 11.9. The average Bonchev–Trinajstić information content (AvgIpc) is 2.53. The molecule has 0 aliphatic heterocycles. The van der Waals surface area contributed by atoms with Crippen LogP contribution < -0.4 is 9.66 Å². The summed E-state index contributed by atoms with van der Waals surface area (Å²) in [5, 5.41) is 0. The van der Waals surface area contributed by atoms with Crippen LogP contribution in [0, 0.1) is 41.5 Å². The number of hydrazine groups is 1. The van der Waals surface area contributed by atoms with E-state index in [2.05, 4.69) is 0 Å². The van der Waals surface area contributed by atoms with E-state index in [0.717, 1.165) is 16.7 Å². The number of hydrogen-bond acceptors (Lipinski definition) is 4. The highest BCUT2D eigenvalue weighted by Crippen LogP contribution is 2.26. The largest absolute Gasteiger partial charge is 0.254 e. The molecule has 0 aromatic heterocycles. The van der Waals surface area contributed by atoms with Crippen LogP contribution in [0.25, 0.3) is 0 Å². The predicted molar refractivity (Wildman–Crippen MR) is 102 cm³/mol. The van der Waals surface area contributed by atoms with Gasteiger partial charge in [-0.3, -0.25) is 0 Å². The molecule has 0 spiro atoms. The Morgan fingerprint density at radius 3 is 1.69 bits per heavy atom. The van der Waals surface area contributed by atoms with Crippen molar-refractivity contribution in [2.75, 3.05) is 0 Å². The van der Waals surface area contributed by atoms with Gasteiger partial charge in [-0.05, 0) is 81.0 Å². The van der Waals surface area contributed by atoms with E-state index in [1.54, 1.807) is 39.8 Å². The highest BCUT2D eigenvalue weighted by molar-refractivity contribution is 7.92. The van der Waals surface area contributed by atoms with Crippen molar-refractivity contribution in [1.82, 2.24) is 9.66 Å². The number of aryl methyl sites for hydroxylation is 4. The first-order valence-corrected chi connectivity index (χ1v) is 11.0. The van der Waals surface area contributed by atoms with Gasteiger partial charge in [-0.25, -0.2) is 16.8 Å². The van der Waals surface area contributed by atoms with Crippen LogP contribution in [-0.4, -0.2) is 16.8 Å². The minimum Gasteiger partial charge on any atom is -0.206 e. The topological polar surface area (TPSA) is 92.3 Å². The molecule has 26 heavy (non-hydrogen) atoms. The summed E-state index contributed by atoms with van der Waals surface area (Å²) in [5.41, 5.74) is 4.12. The van der Waals surface area contributed by atoms with Crippen molar-refractivity contribution in [1.29, 1.82) is 0 Å². The van der Waals surface area contributed by atoms with Crippen LogP contribution >= 0.6 is 0 Å². The van der Waals surface area contributed by atoms with E-state index in [-0.39, 0.29) is 9.79 Å². The number of sulfonamides is 2. The van der Waals surface area contributed by atoms with Gasteiger partial charge in [0.25, 0.3) is 20.0 Å². The third-order valence-electron chi connectivity index (χ3n) is 4.51. The van der Waals surface area contributed by atoms with Gasteiger partial charge >= 0.3 is 0 Å². The van der Waals surface area contributed by atoms with Gasteiger partial charge in [-0.1, -0.05) is 18.2 Å². The van der Waals surface area contributed by atoms with Crippen molar-refractivity contribution in [3.63, 3.8) is 0 Å². The molecule has 8 heteroatoms. The van der Waals surface area contributed by atoms with Crippen LogP contribution in [0.2, 0.25) is 0 Å². The second kappa shape index (κ2) is 7.11. The predicted octanol–water partition coefficient (Wildman–Crippen LogP) is 2.71. The first-order valence-electron chi connectivity index (χ1n) is 8.05. The third-order valence-corrected chi connectivity index (χ3v) is 7.55. The minimum atomic E-state index is -4.07. The maximum atomic E-state index is 12.8. The van der Waals surface area contributed by atoms with E-state index in [0.29, 0.717) is 16.7 Å². The zero-order chi connectivity index (χ0) is 19.9. The number of hydrogen-bond donors (Lipinski definition) is 2. The van der Waals surface area contributed by atoms with Crippen LogP contribution in [-0.2, 0) is 20.0 Å². The number of benzene rings is 2. The molecule has 0 saturated carbocycles. The Balaban J connectivity index is 2.42. The normalized spacial score (nSPS) is 12.4. The third kappa shape index (κ3) is 3.98. The molecule has 0 fully saturated rings. The lowest BCUT2D eigenvalue weighted by atomic mass is 10.0. The van der Waals surface area contributed by atoms with E-state index in [1.807, 2.05) is 29.6 Å². The second-order valence-corrected chi connectivity index (χ2v) is 9.84. The molecule has 0 heterocycles. The van der Waals surface area contributed by atoms with Gasteiger partial charge in [0.15, 0.2) is 0 Å².